The van der Waals surface area contributed by atoms with E-state index in [2.05, 4.69) is 12.2 Å². The van der Waals surface area contributed by atoms with Crippen molar-refractivity contribution >= 4 is 11.6 Å². The van der Waals surface area contributed by atoms with Crippen LogP contribution in [-0.2, 0) is 4.74 Å². The number of nitrogens with one attached hydrogen (secondary N) is 1. The molecule has 0 bridgehead atoms. The van der Waals surface area contributed by atoms with Crippen molar-refractivity contribution in [2.75, 3.05) is 21.3 Å². The van der Waals surface area contributed by atoms with Crippen LogP contribution in [0.2, 0.25) is 5.02 Å². The van der Waals surface area contributed by atoms with Crippen LogP contribution in [0, 0.1) is 0 Å². The van der Waals surface area contributed by atoms with E-state index in [0.717, 1.165) is 17.7 Å². The van der Waals surface area contributed by atoms with Gasteiger partial charge in [-0.3, -0.25) is 0 Å². The highest BCUT2D eigenvalue weighted by Gasteiger charge is 2.23. The maximum atomic E-state index is 6.04. The summed E-state index contributed by atoms with van der Waals surface area (Å²) in [5.74, 6) is 0.823. The van der Waals surface area contributed by atoms with Gasteiger partial charge in [-0.2, -0.15) is 0 Å². The Hall–Kier alpha value is -0.770. The van der Waals surface area contributed by atoms with Gasteiger partial charge in [0.1, 0.15) is 5.75 Å². The highest BCUT2D eigenvalue weighted by atomic mass is 35.5. The summed E-state index contributed by atoms with van der Waals surface area (Å²) in [6, 6.07) is 5.69. The molecule has 2 atom stereocenters. The molecule has 0 amide bonds. The molecule has 3 nitrogen and oxygen atoms in total. The number of likely N-dealkylation sites (N-methyl/N-ethyl adjacent to an activating group) is 1. The Kier molecular flexibility index (Phi) is 5.75. The van der Waals surface area contributed by atoms with Gasteiger partial charge in [-0.25, -0.2) is 0 Å². The van der Waals surface area contributed by atoms with Crippen molar-refractivity contribution in [2.45, 2.75) is 25.5 Å². The van der Waals surface area contributed by atoms with E-state index in [1.807, 2.05) is 25.2 Å². The average molecular weight is 258 g/mol. The smallest absolute Gasteiger partial charge is 0.123 e. The van der Waals surface area contributed by atoms with Crippen LogP contribution < -0.4 is 10.1 Å². The molecule has 0 saturated carbocycles. The van der Waals surface area contributed by atoms with Crippen LogP contribution in [-0.4, -0.2) is 27.4 Å². The van der Waals surface area contributed by atoms with Gasteiger partial charge in [0.2, 0.25) is 0 Å². The minimum absolute atomic E-state index is 0.0682. The fraction of sp³-hybridized carbons (Fsp3) is 0.538. The lowest BCUT2D eigenvalue weighted by Crippen LogP contribution is -2.30. The fourth-order valence-corrected chi connectivity index (χ4v) is 2.21. The zero-order valence-corrected chi connectivity index (χ0v) is 11.5. The third kappa shape index (κ3) is 3.35. The minimum Gasteiger partial charge on any atom is -0.496 e. The van der Waals surface area contributed by atoms with E-state index in [-0.39, 0.29) is 12.1 Å². The van der Waals surface area contributed by atoms with Gasteiger partial charge in [0, 0.05) is 17.7 Å². The van der Waals surface area contributed by atoms with Gasteiger partial charge >= 0.3 is 0 Å². The highest BCUT2D eigenvalue weighted by molar-refractivity contribution is 6.30. The number of methoxy groups -OCH3 is 2. The molecule has 0 heterocycles. The Morgan fingerprint density at radius 1 is 1.35 bits per heavy atom. The fourth-order valence-electron chi connectivity index (χ4n) is 2.03. The van der Waals surface area contributed by atoms with Crippen LogP contribution in [0.25, 0.3) is 0 Å². The van der Waals surface area contributed by atoms with Crippen molar-refractivity contribution < 1.29 is 9.47 Å². The zero-order chi connectivity index (χ0) is 12.8. The Labute approximate surface area is 108 Å². The maximum absolute atomic E-state index is 6.04. The van der Waals surface area contributed by atoms with E-state index in [9.17, 15) is 0 Å². The SMILES string of the molecule is CCC(OC)C(NC)c1cc(Cl)ccc1OC. The zero-order valence-electron chi connectivity index (χ0n) is 10.8. The molecule has 2 unspecified atom stereocenters. The summed E-state index contributed by atoms with van der Waals surface area (Å²) in [7, 11) is 5.29. The van der Waals surface area contributed by atoms with Crippen molar-refractivity contribution in [3.63, 3.8) is 0 Å². The van der Waals surface area contributed by atoms with Crippen LogP contribution in [0.15, 0.2) is 18.2 Å². The molecule has 0 aromatic heterocycles. The topological polar surface area (TPSA) is 30.5 Å². The molecule has 0 aliphatic rings. The molecule has 4 heteroatoms. The second kappa shape index (κ2) is 6.84. The predicted molar refractivity (Wildman–Crippen MR) is 70.9 cm³/mol. The van der Waals surface area contributed by atoms with Gasteiger partial charge in [0.15, 0.2) is 0 Å². The molecule has 17 heavy (non-hydrogen) atoms. The summed E-state index contributed by atoms with van der Waals surface area (Å²) >= 11 is 6.04. The second-order valence-corrected chi connectivity index (χ2v) is 4.27. The largest absolute Gasteiger partial charge is 0.496 e. The third-order valence-electron chi connectivity index (χ3n) is 2.91. The lowest BCUT2D eigenvalue weighted by Gasteiger charge is -2.26. The molecular formula is C13H20ClNO2. The first-order chi connectivity index (χ1) is 8.17. The van der Waals surface area contributed by atoms with E-state index in [0.29, 0.717) is 5.02 Å². The molecule has 1 N–H and O–H groups in total. The van der Waals surface area contributed by atoms with E-state index in [1.54, 1.807) is 14.2 Å². The Morgan fingerprint density at radius 2 is 2.06 bits per heavy atom. The molecule has 0 spiro atoms. The number of ether oxygens (including phenoxy) is 2. The van der Waals surface area contributed by atoms with Gasteiger partial charge in [-0.1, -0.05) is 18.5 Å². The van der Waals surface area contributed by atoms with Crippen molar-refractivity contribution in [1.29, 1.82) is 0 Å². The normalized spacial score (nSPS) is 14.4. The van der Waals surface area contributed by atoms with E-state index >= 15 is 0 Å². The summed E-state index contributed by atoms with van der Waals surface area (Å²) in [6.45, 7) is 2.09. The Bertz CT molecular complexity index is 353. The molecule has 0 fully saturated rings. The molecule has 0 aliphatic carbocycles. The van der Waals surface area contributed by atoms with Gasteiger partial charge in [-0.05, 0) is 31.7 Å². The number of rotatable bonds is 6. The van der Waals surface area contributed by atoms with Crippen LogP contribution in [0.3, 0.4) is 0 Å². The first-order valence-electron chi connectivity index (χ1n) is 5.71. The van der Waals surface area contributed by atoms with Gasteiger partial charge in [0.25, 0.3) is 0 Å². The Balaban J connectivity index is 3.13. The van der Waals surface area contributed by atoms with Crippen LogP contribution >= 0.6 is 11.6 Å². The molecule has 0 radical (unpaired) electrons. The van der Waals surface area contributed by atoms with Crippen LogP contribution in [0.1, 0.15) is 24.9 Å². The molecule has 1 aromatic carbocycles. The number of halogens is 1. The molecule has 1 rings (SSSR count). The standard InChI is InChI=1S/C13H20ClNO2/c1-5-11(16-3)13(15-2)10-8-9(14)6-7-12(10)17-4/h6-8,11,13,15H,5H2,1-4H3. The second-order valence-electron chi connectivity index (χ2n) is 3.84. The lowest BCUT2D eigenvalue weighted by molar-refractivity contribution is 0.0668. The minimum atomic E-state index is 0.0682. The van der Waals surface area contributed by atoms with E-state index in [1.165, 1.54) is 0 Å². The highest BCUT2D eigenvalue weighted by Crippen LogP contribution is 2.31. The molecular weight excluding hydrogens is 238 g/mol. The van der Waals surface area contributed by atoms with Crippen molar-refractivity contribution in [3.8, 4) is 5.75 Å². The van der Waals surface area contributed by atoms with Crippen molar-refractivity contribution in [1.82, 2.24) is 5.32 Å². The molecule has 1 aromatic rings. The average Bonchev–Trinajstić information content (AvgIpc) is 2.35. The molecule has 0 aliphatic heterocycles. The van der Waals surface area contributed by atoms with Gasteiger partial charge < -0.3 is 14.8 Å². The third-order valence-corrected chi connectivity index (χ3v) is 3.15. The first kappa shape index (κ1) is 14.3. The monoisotopic (exact) mass is 257 g/mol. The quantitative estimate of drug-likeness (QED) is 0.850. The number of hydrogen-bond acceptors (Lipinski definition) is 3. The lowest BCUT2D eigenvalue weighted by atomic mass is 9.98. The van der Waals surface area contributed by atoms with Crippen LogP contribution in [0.4, 0.5) is 0 Å². The summed E-state index contributed by atoms with van der Waals surface area (Å²) in [5, 5.41) is 3.96. The molecule has 96 valence electrons. The summed E-state index contributed by atoms with van der Waals surface area (Å²) in [4.78, 5) is 0. The predicted octanol–water partition coefficient (Wildman–Crippen LogP) is 3.03. The Morgan fingerprint density at radius 3 is 2.53 bits per heavy atom. The van der Waals surface area contributed by atoms with Crippen molar-refractivity contribution in [3.05, 3.63) is 28.8 Å². The van der Waals surface area contributed by atoms with E-state index in [4.69, 9.17) is 21.1 Å². The van der Waals surface area contributed by atoms with Crippen LogP contribution in [0.5, 0.6) is 5.75 Å². The van der Waals surface area contributed by atoms with Gasteiger partial charge in [0.05, 0.1) is 19.3 Å². The number of hydrogen-bond donors (Lipinski definition) is 1. The first-order valence-corrected chi connectivity index (χ1v) is 6.09. The maximum Gasteiger partial charge on any atom is 0.123 e. The number of benzene rings is 1. The summed E-state index contributed by atoms with van der Waals surface area (Å²) in [6.07, 6.45) is 1.00. The summed E-state index contributed by atoms with van der Waals surface area (Å²) in [5.41, 5.74) is 1.02. The van der Waals surface area contributed by atoms with Crippen molar-refractivity contribution in [2.24, 2.45) is 0 Å². The van der Waals surface area contributed by atoms with E-state index < -0.39 is 0 Å². The van der Waals surface area contributed by atoms with Gasteiger partial charge in [-0.15, -0.1) is 0 Å². The molecule has 0 saturated heterocycles. The summed E-state index contributed by atoms with van der Waals surface area (Å²) < 4.78 is 10.9.